The van der Waals surface area contributed by atoms with Crippen LogP contribution in [-0.4, -0.2) is 37.5 Å². The largest absolute Gasteiger partial charge is 0.464 e. The van der Waals surface area contributed by atoms with Crippen LogP contribution in [0, 0.1) is 6.92 Å². The van der Waals surface area contributed by atoms with Crippen molar-refractivity contribution in [1.29, 1.82) is 0 Å². The van der Waals surface area contributed by atoms with Crippen LogP contribution in [0.15, 0.2) is 36.7 Å². The van der Waals surface area contributed by atoms with E-state index in [0.717, 1.165) is 64.7 Å². The number of rotatable bonds is 7. The number of benzene rings is 1. The molecule has 1 aliphatic rings. The van der Waals surface area contributed by atoms with Gasteiger partial charge in [-0.2, -0.15) is 5.10 Å². The molecule has 40 heavy (non-hydrogen) atoms. The van der Waals surface area contributed by atoms with Gasteiger partial charge in [0.15, 0.2) is 6.10 Å². The Morgan fingerprint density at radius 2 is 1.85 bits per heavy atom. The monoisotopic (exact) mass is 562 g/mol. The van der Waals surface area contributed by atoms with E-state index >= 15 is 0 Å². The number of carbonyl (C=O) groups is 1. The summed E-state index contributed by atoms with van der Waals surface area (Å²) >= 11 is 6.34. The van der Waals surface area contributed by atoms with Crippen molar-refractivity contribution >= 4 is 28.6 Å². The summed E-state index contributed by atoms with van der Waals surface area (Å²) in [5.74, 6) is -0.405. The summed E-state index contributed by atoms with van der Waals surface area (Å²) in [4.78, 5) is 18.8. The summed E-state index contributed by atoms with van der Waals surface area (Å²) in [7, 11) is 1.94. The fraction of sp³-hybridized carbons (Fsp3) is 0.469. The lowest BCUT2D eigenvalue weighted by molar-refractivity contribution is -0.166. The standard InChI is InChI=1S/C32H39ClN4O3/c1-7-39-31(38)29(40-32(3,4)5)26-20(2)35-30-28(27(26)22-13-15-23(33)16-14-22)24-11-9-8-10-12-25(24)37(30)19-21-17-34-36(6)18-21/h13-18,29H,7-12,19H2,1-6H3/t29-/m0/s1. The molecule has 1 aliphatic carbocycles. The van der Waals surface area contributed by atoms with Gasteiger partial charge in [0, 0.05) is 51.7 Å². The molecule has 3 heterocycles. The quantitative estimate of drug-likeness (QED) is 0.177. The summed E-state index contributed by atoms with van der Waals surface area (Å²) in [6, 6.07) is 7.86. The highest BCUT2D eigenvalue weighted by Gasteiger charge is 2.35. The van der Waals surface area contributed by atoms with Gasteiger partial charge in [-0.15, -0.1) is 0 Å². The number of fused-ring (bicyclic) bond motifs is 3. The van der Waals surface area contributed by atoms with Crippen LogP contribution in [-0.2, 0) is 40.7 Å². The highest BCUT2D eigenvalue weighted by atomic mass is 35.5. The van der Waals surface area contributed by atoms with Gasteiger partial charge < -0.3 is 14.0 Å². The number of aryl methyl sites for hydroxylation is 3. The van der Waals surface area contributed by atoms with Crippen molar-refractivity contribution in [1.82, 2.24) is 19.3 Å². The zero-order chi connectivity index (χ0) is 28.6. The van der Waals surface area contributed by atoms with Crippen LogP contribution in [0.4, 0.5) is 0 Å². The van der Waals surface area contributed by atoms with Crippen LogP contribution in [0.5, 0.6) is 0 Å². The Hall–Kier alpha value is -3.16. The third kappa shape index (κ3) is 5.68. The first-order valence-electron chi connectivity index (χ1n) is 14.2. The number of esters is 1. The number of ether oxygens (including phenoxy) is 2. The van der Waals surface area contributed by atoms with Crippen LogP contribution < -0.4 is 0 Å². The van der Waals surface area contributed by atoms with Crippen molar-refractivity contribution in [3.63, 3.8) is 0 Å². The molecule has 0 fully saturated rings. The number of halogens is 1. The van der Waals surface area contributed by atoms with Gasteiger partial charge in [0.25, 0.3) is 0 Å². The molecule has 0 radical (unpaired) electrons. The topological polar surface area (TPSA) is 71.2 Å². The van der Waals surface area contributed by atoms with Gasteiger partial charge in [-0.05, 0) is 83.6 Å². The first kappa shape index (κ1) is 28.4. The van der Waals surface area contributed by atoms with Crippen molar-refractivity contribution in [2.75, 3.05) is 6.61 Å². The number of nitrogens with zero attached hydrogens (tertiary/aromatic N) is 4. The van der Waals surface area contributed by atoms with Gasteiger partial charge in [-0.3, -0.25) is 4.68 Å². The Balaban J connectivity index is 1.87. The highest BCUT2D eigenvalue weighted by molar-refractivity contribution is 6.30. The normalized spacial score (nSPS) is 14.7. The maximum atomic E-state index is 13.5. The number of carbonyl (C=O) groups excluding carboxylic acids is 1. The van der Waals surface area contributed by atoms with E-state index in [1.807, 2.05) is 76.8 Å². The van der Waals surface area contributed by atoms with E-state index in [0.29, 0.717) is 11.6 Å². The van der Waals surface area contributed by atoms with Gasteiger partial charge in [0.1, 0.15) is 5.65 Å². The number of hydrogen-bond donors (Lipinski definition) is 0. The summed E-state index contributed by atoms with van der Waals surface area (Å²) in [5.41, 5.74) is 7.57. The molecule has 8 heteroatoms. The Labute approximate surface area is 241 Å². The predicted molar refractivity (Wildman–Crippen MR) is 159 cm³/mol. The van der Waals surface area contributed by atoms with Gasteiger partial charge in [-0.1, -0.05) is 30.2 Å². The van der Waals surface area contributed by atoms with Crippen molar-refractivity contribution in [2.45, 2.75) is 85.0 Å². The number of aromatic nitrogens is 4. The van der Waals surface area contributed by atoms with E-state index in [9.17, 15) is 4.79 Å². The molecule has 0 aliphatic heterocycles. The molecule has 3 aromatic heterocycles. The lowest BCUT2D eigenvalue weighted by atomic mass is 9.90. The molecule has 0 N–H and O–H groups in total. The molecule has 0 amide bonds. The second-order valence-corrected chi connectivity index (χ2v) is 12.1. The zero-order valence-corrected chi connectivity index (χ0v) is 25.1. The minimum absolute atomic E-state index is 0.269. The molecule has 0 bridgehead atoms. The summed E-state index contributed by atoms with van der Waals surface area (Å²) < 4.78 is 16.2. The fourth-order valence-electron chi connectivity index (χ4n) is 5.88. The minimum Gasteiger partial charge on any atom is -0.464 e. The lowest BCUT2D eigenvalue weighted by Gasteiger charge is -2.29. The van der Waals surface area contributed by atoms with Crippen molar-refractivity contribution in [3.05, 3.63) is 69.8 Å². The molecule has 1 atom stereocenters. The first-order valence-corrected chi connectivity index (χ1v) is 14.6. The minimum atomic E-state index is -0.925. The second kappa shape index (κ2) is 11.4. The Kier molecular flexibility index (Phi) is 8.07. The molecule has 0 saturated heterocycles. The van der Waals surface area contributed by atoms with E-state index in [1.54, 1.807) is 0 Å². The average Bonchev–Trinajstić information content (AvgIpc) is 3.31. The molecule has 4 aromatic rings. The average molecular weight is 563 g/mol. The second-order valence-electron chi connectivity index (χ2n) is 11.6. The maximum Gasteiger partial charge on any atom is 0.340 e. The van der Waals surface area contributed by atoms with Gasteiger partial charge in [0.05, 0.1) is 24.9 Å². The summed E-state index contributed by atoms with van der Waals surface area (Å²) in [5, 5.41) is 6.16. The Bertz CT molecular complexity index is 1530. The third-order valence-corrected chi connectivity index (χ3v) is 7.70. The molecular weight excluding hydrogens is 524 g/mol. The summed E-state index contributed by atoms with van der Waals surface area (Å²) in [6.07, 6.45) is 8.43. The molecule has 0 spiro atoms. The fourth-order valence-corrected chi connectivity index (χ4v) is 6.01. The molecule has 7 nitrogen and oxygen atoms in total. The van der Waals surface area contributed by atoms with Crippen LogP contribution in [0.25, 0.3) is 22.2 Å². The molecule has 212 valence electrons. The van der Waals surface area contributed by atoms with Crippen molar-refractivity contribution < 1.29 is 14.3 Å². The van der Waals surface area contributed by atoms with Crippen LogP contribution in [0.1, 0.15) is 81.1 Å². The van der Waals surface area contributed by atoms with Gasteiger partial charge in [0.2, 0.25) is 0 Å². The molecule has 1 aromatic carbocycles. The van der Waals surface area contributed by atoms with Gasteiger partial charge >= 0.3 is 5.97 Å². The molecular formula is C32H39ClN4O3. The van der Waals surface area contributed by atoms with E-state index in [-0.39, 0.29) is 6.61 Å². The van der Waals surface area contributed by atoms with Crippen molar-refractivity contribution in [2.24, 2.45) is 7.05 Å². The highest BCUT2D eigenvalue weighted by Crippen LogP contribution is 2.44. The van der Waals surface area contributed by atoms with Crippen LogP contribution in [0.3, 0.4) is 0 Å². The van der Waals surface area contributed by atoms with E-state index in [2.05, 4.69) is 15.9 Å². The summed E-state index contributed by atoms with van der Waals surface area (Å²) in [6.45, 7) is 10.6. The SMILES string of the molecule is CCOC(=O)[C@@H](OC(C)(C)C)c1c(C)nc2c(c3c(n2Cc2cnn(C)c2)CCCCC3)c1-c1ccc(Cl)cc1. The lowest BCUT2D eigenvalue weighted by Crippen LogP contribution is -2.30. The molecule has 5 rings (SSSR count). The maximum absolute atomic E-state index is 13.5. The van der Waals surface area contributed by atoms with Gasteiger partial charge in [-0.25, -0.2) is 9.78 Å². The van der Waals surface area contributed by atoms with E-state index < -0.39 is 17.7 Å². The van der Waals surface area contributed by atoms with E-state index in [1.165, 1.54) is 17.7 Å². The number of hydrogen-bond acceptors (Lipinski definition) is 5. The Morgan fingerprint density at radius 1 is 1.12 bits per heavy atom. The zero-order valence-electron chi connectivity index (χ0n) is 24.4. The number of pyridine rings is 1. The third-order valence-electron chi connectivity index (χ3n) is 7.44. The predicted octanol–water partition coefficient (Wildman–Crippen LogP) is 7.14. The molecule has 0 saturated carbocycles. The van der Waals surface area contributed by atoms with Crippen molar-refractivity contribution in [3.8, 4) is 11.1 Å². The smallest absolute Gasteiger partial charge is 0.340 e. The molecule has 0 unspecified atom stereocenters. The Morgan fingerprint density at radius 3 is 2.50 bits per heavy atom. The van der Waals surface area contributed by atoms with Crippen LogP contribution >= 0.6 is 11.6 Å². The van der Waals surface area contributed by atoms with E-state index in [4.69, 9.17) is 26.1 Å². The van der Waals surface area contributed by atoms with Crippen LogP contribution in [0.2, 0.25) is 5.02 Å². The first-order chi connectivity index (χ1) is 19.1.